The van der Waals surface area contributed by atoms with Crippen LogP contribution >= 0.6 is 11.8 Å². The summed E-state index contributed by atoms with van der Waals surface area (Å²) in [6.45, 7) is 0. The van der Waals surface area contributed by atoms with Crippen LogP contribution in [0.1, 0.15) is 11.1 Å². The van der Waals surface area contributed by atoms with E-state index in [1.54, 1.807) is 17.8 Å². The van der Waals surface area contributed by atoms with Crippen LogP contribution in [0.5, 0.6) is 0 Å². The molecule has 0 radical (unpaired) electrons. The summed E-state index contributed by atoms with van der Waals surface area (Å²) in [7, 11) is 0. The molecule has 2 unspecified atom stereocenters. The summed E-state index contributed by atoms with van der Waals surface area (Å²) < 4.78 is 13.1. The molecule has 1 aliphatic heterocycles. The van der Waals surface area contributed by atoms with E-state index in [2.05, 4.69) is 12.1 Å². The molecule has 1 heterocycles. The van der Waals surface area contributed by atoms with E-state index in [1.807, 2.05) is 18.2 Å². The first kappa shape index (κ1) is 12.7. The molecule has 3 heteroatoms. The van der Waals surface area contributed by atoms with Crippen molar-refractivity contribution in [2.75, 3.05) is 0 Å². The number of hydrogen-bond donors (Lipinski definition) is 1. The minimum absolute atomic E-state index is 0.167. The minimum Gasteiger partial charge on any atom is -0.392 e. The second kappa shape index (κ2) is 5.35. The highest BCUT2D eigenvalue weighted by Gasteiger charge is 2.28. The van der Waals surface area contributed by atoms with Crippen LogP contribution in [0.3, 0.4) is 0 Å². The molecule has 1 nitrogen and oxygen atoms in total. The molecule has 0 aliphatic carbocycles. The lowest BCUT2D eigenvalue weighted by molar-refractivity contribution is 0.172. The summed E-state index contributed by atoms with van der Waals surface area (Å²) in [4.78, 5) is 1.26. The number of fused-ring (bicyclic) bond motifs is 1. The van der Waals surface area contributed by atoms with Gasteiger partial charge in [-0.15, -0.1) is 11.8 Å². The Morgan fingerprint density at radius 1 is 1.21 bits per heavy atom. The van der Waals surface area contributed by atoms with Crippen molar-refractivity contribution in [1.82, 2.24) is 0 Å². The van der Waals surface area contributed by atoms with Crippen molar-refractivity contribution in [3.05, 3.63) is 65.5 Å². The van der Waals surface area contributed by atoms with Gasteiger partial charge in [0.15, 0.2) is 0 Å². The highest BCUT2D eigenvalue weighted by molar-refractivity contribution is 8.00. The Balaban J connectivity index is 1.68. The summed E-state index contributed by atoms with van der Waals surface area (Å²) in [6, 6.07) is 14.7. The zero-order chi connectivity index (χ0) is 13.2. The van der Waals surface area contributed by atoms with Crippen LogP contribution in [0.25, 0.3) is 0 Å². The number of hydrogen-bond acceptors (Lipinski definition) is 2. The molecule has 0 amide bonds. The second-order valence-electron chi connectivity index (χ2n) is 4.87. The van der Waals surface area contributed by atoms with Gasteiger partial charge in [0.1, 0.15) is 5.82 Å². The summed E-state index contributed by atoms with van der Waals surface area (Å²) in [5.41, 5.74) is 2.15. The van der Waals surface area contributed by atoms with Crippen LogP contribution < -0.4 is 0 Å². The number of halogens is 1. The van der Waals surface area contributed by atoms with Crippen LogP contribution in [0.2, 0.25) is 0 Å². The zero-order valence-electron chi connectivity index (χ0n) is 10.4. The normalized spacial score (nSPS) is 19.2. The predicted molar refractivity (Wildman–Crippen MR) is 75.9 cm³/mol. The van der Waals surface area contributed by atoms with Crippen molar-refractivity contribution >= 4 is 11.8 Å². The summed E-state index contributed by atoms with van der Waals surface area (Å²) >= 11 is 1.72. The van der Waals surface area contributed by atoms with Crippen LogP contribution in [-0.2, 0) is 12.8 Å². The average Bonchev–Trinajstić information content (AvgIpc) is 2.82. The fourth-order valence-electron chi connectivity index (χ4n) is 2.46. The van der Waals surface area contributed by atoms with Crippen molar-refractivity contribution < 1.29 is 9.50 Å². The number of aliphatic hydroxyl groups is 1. The fraction of sp³-hybridized carbons (Fsp3) is 0.250. The van der Waals surface area contributed by atoms with Crippen LogP contribution in [-0.4, -0.2) is 16.5 Å². The Bertz CT molecular complexity index is 559. The Morgan fingerprint density at radius 2 is 2.05 bits per heavy atom. The predicted octanol–water partition coefficient (Wildman–Crippen LogP) is 3.45. The van der Waals surface area contributed by atoms with Gasteiger partial charge in [-0.2, -0.15) is 0 Å². The summed E-state index contributed by atoms with van der Waals surface area (Å²) in [6.07, 6.45) is 0.944. The topological polar surface area (TPSA) is 20.2 Å². The molecule has 0 saturated carbocycles. The Labute approximate surface area is 116 Å². The molecule has 2 atom stereocenters. The molecule has 0 spiro atoms. The first-order chi connectivity index (χ1) is 9.22. The maximum absolute atomic E-state index is 13.1. The molecule has 98 valence electrons. The smallest absolute Gasteiger partial charge is 0.123 e. The van der Waals surface area contributed by atoms with E-state index in [4.69, 9.17) is 0 Å². The van der Waals surface area contributed by atoms with Gasteiger partial charge in [0.2, 0.25) is 0 Å². The van der Waals surface area contributed by atoms with Crippen LogP contribution in [0.4, 0.5) is 4.39 Å². The highest BCUT2D eigenvalue weighted by atomic mass is 32.2. The third-order valence-corrected chi connectivity index (χ3v) is 4.87. The average molecular weight is 274 g/mol. The van der Waals surface area contributed by atoms with E-state index >= 15 is 0 Å². The molecule has 2 aromatic carbocycles. The molecule has 1 aliphatic rings. The van der Waals surface area contributed by atoms with Gasteiger partial charge in [-0.1, -0.05) is 30.3 Å². The molecule has 0 fully saturated rings. The van der Waals surface area contributed by atoms with E-state index in [-0.39, 0.29) is 11.1 Å². The molecule has 3 rings (SSSR count). The van der Waals surface area contributed by atoms with Crippen molar-refractivity contribution in [2.24, 2.45) is 0 Å². The lowest BCUT2D eigenvalue weighted by Crippen LogP contribution is -2.24. The SMILES string of the molecule is OC(Cc1cccc(F)c1)C1Cc2ccccc2S1. The molecule has 1 N–H and O–H groups in total. The van der Waals surface area contributed by atoms with Gasteiger partial charge in [-0.3, -0.25) is 0 Å². The summed E-state index contributed by atoms with van der Waals surface area (Å²) in [5, 5.41) is 10.5. The quantitative estimate of drug-likeness (QED) is 0.925. The maximum Gasteiger partial charge on any atom is 0.123 e. The van der Waals surface area contributed by atoms with E-state index in [0.717, 1.165) is 12.0 Å². The van der Waals surface area contributed by atoms with Crippen LogP contribution in [0, 0.1) is 5.82 Å². The maximum atomic E-state index is 13.1. The molecular formula is C16H15FOS. The Kier molecular flexibility index (Phi) is 3.58. The van der Waals surface area contributed by atoms with Gasteiger partial charge in [-0.25, -0.2) is 4.39 Å². The van der Waals surface area contributed by atoms with Crippen molar-refractivity contribution in [3.63, 3.8) is 0 Å². The first-order valence-electron chi connectivity index (χ1n) is 6.39. The van der Waals surface area contributed by atoms with Gasteiger partial charge in [0.05, 0.1) is 6.10 Å². The van der Waals surface area contributed by atoms with Gasteiger partial charge in [-0.05, 0) is 42.2 Å². The molecule has 0 bridgehead atoms. The second-order valence-corrected chi connectivity index (χ2v) is 6.15. The zero-order valence-corrected chi connectivity index (χ0v) is 11.2. The van der Waals surface area contributed by atoms with E-state index in [0.29, 0.717) is 6.42 Å². The molecular weight excluding hydrogens is 259 g/mol. The van der Waals surface area contributed by atoms with Gasteiger partial charge in [0, 0.05) is 10.1 Å². The molecule has 0 aromatic heterocycles. The van der Waals surface area contributed by atoms with E-state index in [9.17, 15) is 9.50 Å². The van der Waals surface area contributed by atoms with Crippen molar-refractivity contribution in [3.8, 4) is 0 Å². The fourth-order valence-corrected chi connectivity index (χ4v) is 3.76. The number of rotatable bonds is 3. The third-order valence-electron chi connectivity index (χ3n) is 3.44. The van der Waals surface area contributed by atoms with Crippen molar-refractivity contribution in [2.45, 2.75) is 29.1 Å². The molecule has 19 heavy (non-hydrogen) atoms. The number of benzene rings is 2. The number of aliphatic hydroxyl groups excluding tert-OH is 1. The highest BCUT2D eigenvalue weighted by Crippen LogP contribution is 2.38. The van der Waals surface area contributed by atoms with Crippen molar-refractivity contribution in [1.29, 1.82) is 0 Å². The Morgan fingerprint density at radius 3 is 2.84 bits per heavy atom. The van der Waals surface area contributed by atoms with Crippen LogP contribution in [0.15, 0.2) is 53.4 Å². The first-order valence-corrected chi connectivity index (χ1v) is 7.27. The van der Waals surface area contributed by atoms with Gasteiger partial charge < -0.3 is 5.11 Å². The monoisotopic (exact) mass is 274 g/mol. The summed E-state index contributed by atoms with van der Waals surface area (Å²) in [5.74, 6) is -0.243. The standard InChI is InChI=1S/C16H15FOS/c17-13-6-3-4-11(8-13)9-14(18)16-10-12-5-1-2-7-15(12)19-16/h1-8,14,16,18H,9-10H2. The largest absolute Gasteiger partial charge is 0.392 e. The van der Waals surface area contributed by atoms with E-state index < -0.39 is 6.10 Å². The van der Waals surface area contributed by atoms with Gasteiger partial charge >= 0.3 is 0 Å². The minimum atomic E-state index is -0.445. The Hall–Kier alpha value is -1.32. The van der Waals surface area contributed by atoms with Gasteiger partial charge in [0.25, 0.3) is 0 Å². The third kappa shape index (κ3) is 2.82. The van der Waals surface area contributed by atoms with E-state index in [1.165, 1.54) is 22.6 Å². The lowest BCUT2D eigenvalue weighted by atomic mass is 10.0. The lowest BCUT2D eigenvalue weighted by Gasteiger charge is -2.17. The molecule has 2 aromatic rings. The molecule has 0 saturated heterocycles. The number of thioether (sulfide) groups is 1.